The van der Waals surface area contributed by atoms with E-state index in [-0.39, 0.29) is 6.61 Å². The summed E-state index contributed by atoms with van der Waals surface area (Å²) in [6.45, 7) is 0.748. The van der Waals surface area contributed by atoms with Crippen LogP contribution in [0.3, 0.4) is 0 Å². The van der Waals surface area contributed by atoms with E-state index in [0.29, 0.717) is 13.0 Å². The first-order chi connectivity index (χ1) is 9.36. The molecule has 0 unspecified atom stereocenters. The third-order valence-corrected chi connectivity index (χ3v) is 3.03. The number of aliphatic hydroxyl groups excluding tert-OH is 1. The van der Waals surface area contributed by atoms with Crippen molar-refractivity contribution in [2.45, 2.75) is 13.0 Å². The second-order valence-electron chi connectivity index (χ2n) is 4.37. The molecule has 5 heteroatoms. The lowest BCUT2D eigenvalue weighted by Gasteiger charge is -2.05. The van der Waals surface area contributed by atoms with Crippen molar-refractivity contribution in [3.05, 3.63) is 54.0 Å². The van der Waals surface area contributed by atoms with Crippen LogP contribution in [0, 0.1) is 0 Å². The number of pyridine rings is 1. The van der Waals surface area contributed by atoms with Gasteiger partial charge in [-0.3, -0.25) is 4.98 Å². The number of hydrogen-bond donors (Lipinski definition) is 1. The van der Waals surface area contributed by atoms with Gasteiger partial charge in [0.2, 0.25) is 0 Å². The van der Waals surface area contributed by atoms with E-state index < -0.39 is 0 Å². The Bertz CT molecular complexity index is 687. The smallest absolute Gasteiger partial charge is 0.0850 e. The van der Waals surface area contributed by atoms with E-state index >= 15 is 0 Å². The van der Waals surface area contributed by atoms with Gasteiger partial charge >= 0.3 is 0 Å². The van der Waals surface area contributed by atoms with E-state index in [1.807, 2.05) is 36.7 Å². The third kappa shape index (κ3) is 2.46. The van der Waals surface area contributed by atoms with Gasteiger partial charge in [-0.2, -0.15) is 0 Å². The van der Waals surface area contributed by atoms with Crippen LogP contribution in [0.2, 0.25) is 0 Å². The summed E-state index contributed by atoms with van der Waals surface area (Å²) in [6.07, 6.45) is 4.21. The second kappa shape index (κ2) is 5.16. The number of aromatic nitrogens is 4. The molecule has 0 bridgehead atoms. The first-order valence-electron chi connectivity index (χ1n) is 6.19. The molecule has 0 fully saturated rings. The second-order valence-corrected chi connectivity index (χ2v) is 4.37. The zero-order valence-corrected chi connectivity index (χ0v) is 10.4. The number of para-hydroxylation sites is 1. The average molecular weight is 254 g/mol. The van der Waals surface area contributed by atoms with E-state index in [1.165, 1.54) is 0 Å². The van der Waals surface area contributed by atoms with Crippen LogP contribution in [-0.2, 0) is 13.0 Å². The normalized spacial score (nSPS) is 11.0. The van der Waals surface area contributed by atoms with Crippen LogP contribution < -0.4 is 0 Å². The Labute approximate surface area is 110 Å². The number of hydrogen-bond acceptors (Lipinski definition) is 4. The van der Waals surface area contributed by atoms with Crippen LogP contribution in [0.1, 0.15) is 11.3 Å². The highest BCUT2D eigenvalue weighted by Gasteiger charge is 2.04. The van der Waals surface area contributed by atoms with Crippen molar-refractivity contribution in [1.29, 1.82) is 0 Å². The Kier molecular flexibility index (Phi) is 3.20. The molecule has 0 amide bonds. The van der Waals surface area contributed by atoms with E-state index in [9.17, 15) is 0 Å². The Morgan fingerprint density at radius 3 is 2.95 bits per heavy atom. The minimum absolute atomic E-state index is 0.0941. The van der Waals surface area contributed by atoms with E-state index in [2.05, 4.69) is 21.4 Å². The molecule has 0 spiro atoms. The fraction of sp³-hybridized carbons (Fsp3) is 0.214. The van der Waals surface area contributed by atoms with Crippen molar-refractivity contribution >= 4 is 10.9 Å². The minimum atomic E-state index is 0.0941. The van der Waals surface area contributed by atoms with Gasteiger partial charge in [-0.25, -0.2) is 4.68 Å². The quantitative estimate of drug-likeness (QED) is 0.764. The molecule has 2 heterocycles. The highest BCUT2D eigenvalue weighted by molar-refractivity contribution is 5.81. The molecule has 96 valence electrons. The zero-order valence-electron chi connectivity index (χ0n) is 10.4. The van der Waals surface area contributed by atoms with Crippen LogP contribution in [0.25, 0.3) is 10.9 Å². The van der Waals surface area contributed by atoms with Gasteiger partial charge in [-0.15, -0.1) is 5.10 Å². The maximum atomic E-state index is 8.87. The largest absolute Gasteiger partial charge is 0.396 e. The Balaban J connectivity index is 1.92. The summed E-state index contributed by atoms with van der Waals surface area (Å²) in [5.41, 5.74) is 2.95. The Morgan fingerprint density at radius 1 is 1.16 bits per heavy atom. The van der Waals surface area contributed by atoms with E-state index in [4.69, 9.17) is 5.11 Å². The van der Waals surface area contributed by atoms with E-state index in [1.54, 1.807) is 4.68 Å². The molecule has 0 saturated heterocycles. The summed E-state index contributed by atoms with van der Waals surface area (Å²) in [4.78, 5) is 4.34. The molecule has 0 atom stereocenters. The molecule has 1 aromatic carbocycles. The average Bonchev–Trinajstić information content (AvgIpc) is 2.87. The topological polar surface area (TPSA) is 63.8 Å². The van der Waals surface area contributed by atoms with Gasteiger partial charge in [0, 0.05) is 30.8 Å². The molecule has 5 nitrogen and oxygen atoms in total. The summed E-state index contributed by atoms with van der Waals surface area (Å²) in [5.74, 6) is 0. The summed E-state index contributed by atoms with van der Waals surface area (Å²) in [5, 5.41) is 18.1. The molecular formula is C14H14N4O. The lowest BCUT2D eigenvalue weighted by molar-refractivity contribution is 0.298. The molecule has 2 aromatic heterocycles. The maximum Gasteiger partial charge on any atom is 0.0850 e. The first-order valence-corrected chi connectivity index (χ1v) is 6.19. The highest BCUT2D eigenvalue weighted by atomic mass is 16.3. The first kappa shape index (κ1) is 11.8. The Hall–Kier alpha value is -2.27. The number of benzene rings is 1. The third-order valence-electron chi connectivity index (χ3n) is 3.03. The molecule has 0 aliphatic rings. The summed E-state index contributed by atoms with van der Waals surface area (Å²) >= 11 is 0. The Morgan fingerprint density at radius 2 is 2.05 bits per heavy atom. The molecular weight excluding hydrogens is 240 g/mol. The van der Waals surface area contributed by atoms with Crippen LogP contribution in [0.5, 0.6) is 0 Å². The highest BCUT2D eigenvalue weighted by Crippen LogP contribution is 2.16. The number of fused-ring (bicyclic) bond motifs is 1. The lowest BCUT2D eigenvalue weighted by Crippen LogP contribution is -2.01. The van der Waals surface area contributed by atoms with Crippen molar-refractivity contribution in [3.63, 3.8) is 0 Å². The minimum Gasteiger partial charge on any atom is -0.396 e. The molecule has 0 saturated carbocycles. The van der Waals surface area contributed by atoms with Crippen molar-refractivity contribution < 1.29 is 5.11 Å². The predicted octanol–water partition coefficient (Wildman–Crippen LogP) is 1.41. The fourth-order valence-corrected chi connectivity index (χ4v) is 2.11. The SMILES string of the molecule is OCCc1cn(Cc2ccnc3ccccc23)nn1. The number of rotatable bonds is 4. The van der Waals surface area contributed by atoms with Gasteiger partial charge in [0.1, 0.15) is 0 Å². The van der Waals surface area contributed by atoms with Crippen molar-refractivity contribution in [2.75, 3.05) is 6.61 Å². The molecule has 3 aromatic rings. The van der Waals surface area contributed by atoms with Crippen LogP contribution in [0.15, 0.2) is 42.7 Å². The van der Waals surface area contributed by atoms with Gasteiger partial charge in [-0.05, 0) is 17.7 Å². The fourth-order valence-electron chi connectivity index (χ4n) is 2.11. The summed E-state index contributed by atoms with van der Waals surface area (Å²) in [6, 6.07) is 10.0. The number of aliphatic hydroxyl groups is 1. The van der Waals surface area contributed by atoms with Gasteiger partial charge in [0.25, 0.3) is 0 Å². The van der Waals surface area contributed by atoms with Crippen LogP contribution >= 0.6 is 0 Å². The van der Waals surface area contributed by atoms with Crippen molar-refractivity contribution in [1.82, 2.24) is 20.0 Å². The van der Waals surface area contributed by atoms with Crippen LogP contribution in [-0.4, -0.2) is 31.7 Å². The zero-order chi connectivity index (χ0) is 13.1. The monoisotopic (exact) mass is 254 g/mol. The van der Waals surface area contributed by atoms with Gasteiger partial charge < -0.3 is 5.11 Å². The molecule has 0 aliphatic carbocycles. The molecule has 3 rings (SSSR count). The van der Waals surface area contributed by atoms with Crippen LogP contribution in [0.4, 0.5) is 0 Å². The van der Waals surface area contributed by atoms with Gasteiger partial charge in [0.15, 0.2) is 0 Å². The number of nitrogens with zero attached hydrogens (tertiary/aromatic N) is 4. The maximum absolute atomic E-state index is 8.87. The van der Waals surface area contributed by atoms with Gasteiger partial charge in [0.05, 0.1) is 17.8 Å². The predicted molar refractivity (Wildman–Crippen MR) is 71.7 cm³/mol. The van der Waals surface area contributed by atoms with Gasteiger partial charge in [-0.1, -0.05) is 23.4 Å². The van der Waals surface area contributed by atoms with Crippen molar-refractivity contribution in [3.8, 4) is 0 Å². The molecule has 19 heavy (non-hydrogen) atoms. The lowest BCUT2D eigenvalue weighted by atomic mass is 10.1. The standard InChI is InChI=1S/C14H14N4O/c19-8-6-12-10-18(17-16-12)9-11-5-7-15-14-4-2-1-3-13(11)14/h1-5,7,10,19H,6,8-9H2. The van der Waals surface area contributed by atoms with Crippen molar-refractivity contribution in [2.24, 2.45) is 0 Å². The van der Waals surface area contributed by atoms with E-state index in [0.717, 1.165) is 22.2 Å². The molecule has 1 N–H and O–H groups in total. The molecule has 0 aliphatic heterocycles. The summed E-state index contributed by atoms with van der Waals surface area (Å²) < 4.78 is 1.78. The summed E-state index contributed by atoms with van der Waals surface area (Å²) in [7, 11) is 0. The molecule has 0 radical (unpaired) electrons.